The predicted molar refractivity (Wildman–Crippen MR) is 92.2 cm³/mol. The Morgan fingerprint density at radius 3 is 2.61 bits per heavy atom. The first-order valence-corrected chi connectivity index (χ1v) is 9.09. The van der Waals surface area contributed by atoms with Crippen LogP contribution in [0.5, 0.6) is 0 Å². The fraction of sp³-hybridized carbons (Fsp3) is 0.412. The zero-order valence-electron chi connectivity index (χ0n) is 12.9. The molecule has 2 heterocycles. The van der Waals surface area contributed by atoms with E-state index in [2.05, 4.69) is 0 Å². The van der Waals surface area contributed by atoms with Crippen LogP contribution in [0.3, 0.4) is 0 Å². The minimum absolute atomic E-state index is 0.0413. The summed E-state index contributed by atoms with van der Waals surface area (Å²) < 4.78 is 5.57. The highest BCUT2D eigenvalue weighted by atomic mass is 35.5. The number of amides is 2. The van der Waals surface area contributed by atoms with Crippen molar-refractivity contribution in [2.24, 2.45) is 0 Å². The molecule has 0 radical (unpaired) electrons. The Morgan fingerprint density at radius 1 is 1.26 bits per heavy atom. The average molecular weight is 352 g/mol. The Morgan fingerprint density at radius 2 is 2.00 bits per heavy atom. The molecule has 2 amide bonds. The fourth-order valence-corrected chi connectivity index (χ4v) is 3.86. The van der Waals surface area contributed by atoms with Gasteiger partial charge < -0.3 is 4.74 Å². The van der Waals surface area contributed by atoms with Gasteiger partial charge in [-0.3, -0.25) is 14.5 Å². The summed E-state index contributed by atoms with van der Waals surface area (Å²) in [4.78, 5) is 27.4. The molecule has 1 aromatic rings. The summed E-state index contributed by atoms with van der Waals surface area (Å²) in [6.07, 6.45) is 1.83. The molecule has 1 unspecified atom stereocenters. The molecule has 1 fully saturated rings. The van der Waals surface area contributed by atoms with Gasteiger partial charge in [0.1, 0.15) is 0 Å². The van der Waals surface area contributed by atoms with Gasteiger partial charge in [-0.2, -0.15) is 0 Å². The summed E-state index contributed by atoms with van der Waals surface area (Å²) in [5, 5.41) is 0.604. The smallest absolute Gasteiger partial charge is 0.268 e. The number of thioether (sulfide) groups is 1. The van der Waals surface area contributed by atoms with Crippen molar-refractivity contribution < 1.29 is 14.3 Å². The minimum Gasteiger partial charge on any atom is -0.376 e. The van der Waals surface area contributed by atoms with Crippen molar-refractivity contribution in [3.63, 3.8) is 0 Å². The van der Waals surface area contributed by atoms with E-state index in [-0.39, 0.29) is 17.9 Å². The molecule has 0 saturated carbocycles. The Bertz CT molecular complexity index is 650. The second-order valence-electron chi connectivity index (χ2n) is 5.50. The maximum atomic E-state index is 12.8. The highest BCUT2D eigenvalue weighted by Crippen LogP contribution is 2.36. The van der Waals surface area contributed by atoms with E-state index < -0.39 is 0 Å². The molecule has 0 spiro atoms. The number of hydrogen-bond donors (Lipinski definition) is 0. The third-order valence-electron chi connectivity index (χ3n) is 3.96. The second-order valence-corrected chi connectivity index (χ2v) is 7.21. The van der Waals surface area contributed by atoms with Crippen molar-refractivity contribution in [3.05, 3.63) is 39.8 Å². The molecule has 0 bridgehead atoms. The molecule has 1 atom stereocenters. The lowest BCUT2D eigenvalue weighted by atomic mass is 10.1. The number of carbonyl (C=O) groups is 2. The number of rotatable bonds is 5. The van der Waals surface area contributed by atoms with Crippen LogP contribution in [0.15, 0.2) is 29.2 Å². The number of halogens is 1. The summed E-state index contributed by atoms with van der Waals surface area (Å²) >= 11 is 7.34. The van der Waals surface area contributed by atoms with Crippen molar-refractivity contribution in [1.29, 1.82) is 0 Å². The van der Waals surface area contributed by atoms with E-state index in [4.69, 9.17) is 16.3 Å². The lowest BCUT2D eigenvalue weighted by molar-refractivity contribution is -0.138. The number of carbonyl (C=O) groups excluding carboxylic acids is 2. The summed E-state index contributed by atoms with van der Waals surface area (Å²) in [6, 6.07) is 7.04. The molecule has 0 aromatic heterocycles. The van der Waals surface area contributed by atoms with Crippen LogP contribution in [0.2, 0.25) is 5.02 Å². The first-order valence-electron chi connectivity index (χ1n) is 7.72. The maximum Gasteiger partial charge on any atom is 0.268 e. The van der Waals surface area contributed by atoms with Gasteiger partial charge in [-0.15, -0.1) is 11.8 Å². The zero-order valence-corrected chi connectivity index (χ0v) is 14.5. The minimum atomic E-state index is -0.233. The lowest BCUT2D eigenvalue weighted by Gasteiger charge is -2.19. The lowest BCUT2D eigenvalue weighted by Crippen LogP contribution is -2.37. The van der Waals surface area contributed by atoms with Gasteiger partial charge in [0.25, 0.3) is 11.8 Å². The highest BCUT2D eigenvalue weighted by Gasteiger charge is 2.40. The summed E-state index contributed by atoms with van der Waals surface area (Å²) in [5.74, 6) is 0.297. The first kappa shape index (κ1) is 16.6. The van der Waals surface area contributed by atoms with E-state index in [1.54, 1.807) is 24.3 Å². The van der Waals surface area contributed by atoms with Crippen molar-refractivity contribution in [2.45, 2.75) is 25.9 Å². The quantitative estimate of drug-likeness (QED) is 0.763. The molecule has 1 aromatic carbocycles. The molecule has 2 aliphatic rings. The van der Waals surface area contributed by atoms with Crippen LogP contribution >= 0.6 is 23.4 Å². The first-order chi connectivity index (χ1) is 11.1. The molecular formula is C17H18ClNO3S. The molecule has 3 rings (SSSR count). The van der Waals surface area contributed by atoms with Gasteiger partial charge in [-0.25, -0.2) is 0 Å². The highest BCUT2D eigenvalue weighted by molar-refractivity contribution is 8.04. The van der Waals surface area contributed by atoms with Gasteiger partial charge in [0.15, 0.2) is 0 Å². The SMILES string of the molecule is CCSC1=C(c2ccc(Cl)cc2)C(=O)N(CC2CCCO2)C1=O. The summed E-state index contributed by atoms with van der Waals surface area (Å²) in [6.45, 7) is 3.01. The molecular weight excluding hydrogens is 334 g/mol. The van der Waals surface area contributed by atoms with Gasteiger partial charge in [0.2, 0.25) is 0 Å². The van der Waals surface area contributed by atoms with E-state index in [0.717, 1.165) is 24.2 Å². The van der Waals surface area contributed by atoms with Crippen molar-refractivity contribution in [2.75, 3.05) is 18.9 Å². The molecule has 2 aliphatic heterocycles. The number of imide groups is 1. The second kappa shape index (κ2) is 7.07. The molecule has 4 nitrogen and oxygen atoms in total. The number of benzene rings is 1. The maximum absolute atomic E-state index is 12.8. The van der Waals surface area contributed by atoms with Crippen LogP contribution in [0, 0.1) is 0 Å². The van der Waals surface area contributed by atoms with Crippen molar-refractivity contribution in [3.8, 4) is 0 Å². The van der Waals surface area contributed by atoms with Crippen molar-refractivity contribution >= 4 is 40.8 Å². The van der Waals surface area contributed by atoms with E-state index >= 15 is 0 Å². The molecule has 0 N–H and O–H groups in total. The van der Waals surface area contributed by atoms with Crippen LogP contribution < -0.4 is 0 Å². The van der Waals surface area contributed by atoms with Crippen LogP contribution in [0.25, 0.3) is 5.57 Å². The normalized spacial score (nSPS) is 21.7. The van der Waals surface area contributed by atoms with Gasteiger partial charge in [-0.05, 0) is 36.3 Å². The average Bonchev–Trinajstić information content (AvgIpc) is 3.13. The van der Waals surface area contributed by atoms with Gasteiger partial charge in [-0.1, -0.05) is 30.7 Å². The Hall–Kier alpha value is -1.30. The number of nitrogens with zero attached hydrogens (tertiary/aromatic N) is 1. The zero-order chi connectivity index (χ0) is 16.4. The Labute approximate surface area is 144 Å². The van der Waals surface area contributed by atoms with Crippen LogP contribution in [-0.2, 0) is 14.3 Å². The predicted octanol–water partition coefficient (Wildman–Crippen LogP) is 3.35. The molecule has 0 aliphatic carbocycles. The molecule has 23 heavy (non-hydrogen) atoms. The molecule has 1 saturated heterocycles. The third-order valence-corrected chi connectivity index (χ3v) is 5.17. The van der Waals surface area contributed by atoms with Gasteiger partial charge >= 0.3 is 0 Å². The standard InChI is InChI=1S/C17H18ClNO3S/c1-2-23-15-14(11-5-7-12(18)8-6-11)16(20)19(17(15)21)10-13-4-3-9-22-13/h5-8,13H,2-4,9-10H2,1H3. The van der Waals surface area contributed by atoms with E-state index in [9.17, 15) is 9.59 Å². The number of ether oxygens (including phenoxy) is 1. The topological polar surface area (TPSA) is 46.6 Å². The summed E-state index contributed by atoms with van der Waals surface area (Å²) in [7, 11) is 0. The molecule has 6 heteroatoms. The van der Waals surface area contributed by atoms with Gasteiger partial charge in [0.05, 0.1) is 23.1 Å². The third kappa shape index (κ3) is 3.32. The molecule has 122 valence electrons. The Kier molecular flexibility index (Phi) is 5.09. The van der Waals surface area contributed by atoms with Crippen LogP contribution in [0.4, 0.5) is 0 Å². The monoisotopic (exact) mass is 351 g/mol. The number of hydrogen-bond acceptors (Lipinski definition) is 4. The van der Waals surface area contributed by atoms with Gasteiger partial charge in [0, 0.05) is 11.6 Å². The van der Waals surface area contributed by atoms with E-state index in [1.807, 2.05) is 6.92 Å². The largest absolute Gasteiger partial charge is 0.376 e. The Balaban J connectivity index is 1.91. The van der Waals surface area contributed by atoms with Crippen LogP contribution in [-0.4, -0.2) is 41.7 Å². The summed E-state index contributed by atoms with van der Waals surface area (Å²) in [5.41, 5.74) is 1.22. The van der Waals surface area contributed by atoms with E-state index in [0.29, 0.717) is 28.7 Å². The van der Waals surface area contributed by atoms with E-state index in [1.165, 1.54) is 16.7 Å². The van der Waals surface area contributed by atoms with Crippen LogP contribution in [0.1, 0.15) is 25.3 Å². The van der Waals surface area contributed by atoms with Crippen molar-refractivity contribution in [1.82, 2.24) is 4.90 Å². The fourth-order valence-electron chi connectivity index (χ4n) is 2.86.